The molecule has 1 heterocycles. The van der Waals surface area contributed by atoms with Crippen molar-refractivity contribution in [1.82, 2.24) is 4.98 Å². The van der Waals surface area contributed by atoms with E-state index in [-0.39, 0.29) is 18.0 Å². The van der Waals surface area contributed by atoms with Gasteiger partial charge in [0.2, 0.25) is 0 Å². The first-order valence-corrected chi connectivity index (χ1v) is 5.86. The summed E-state index contributed by atoms with van der Waals surface area (Å²) in [6.45, 7) is 0. The van der Waals surface area contributed by atoms with Gasteiger partial charge in [0.1, 0.15) is 11.6 Å². The average molecular weight is 293 g/mol. The molecule has 108 valence electrons. The Hall–Kier alpha value is -2.75. The number of benzene rings is 1. The molecule has 0 unspecified atom stereocenters. The second-order valence-electron chi connectivity index (χ2n) is 4.18. The standard InChI is InChI=1S/C14H10F3N3O/c15-14(16,17)21-12-3-1-9(2-4-12)11-7-10(5-6-18)13(19)20-8-11/h1-4,7-8H,5H2,(H2,19,20). The molecule has 1 aromatic carbocycles. The van der Waals surface area contributed by atoms with E-state index in [0.717, 1.165) is 0 Å². The highest BCUT2D eigenvalue weighted by Gasteiger charge is 2.30. The molecule has 4 nitrogen and oxygen atoms in total. The number of rotatable bonds is 3. The van der Waals surface area contributed by atoms with Gasteiger partial charge in [-0.3, -0.25) is 0 Å². The van der Waals surface area contributed by atoms with Crippen LogP contribution in [0, 0.1) is 11.3 Å². The maximum absolute atomic E-state index is 12.1. The van der Waals surface area contributed by atoms with Crippen LogP contribution >= 0.6 is 0 Å². The number of nitrogens with zero attached hydrogens (tertiary/aromatic N) is 2. The largest absolute Gasteiger partial charge is 0.573 e. The number of alkyl halides is 3. The van der Waals surface area contributed by atoms with Crippen molar-refractivity contribution in [1.29, 1.82) is 5.26 Å². The quantitative estimate of drug-likeness (QED) is 0.942. The van der Waals surface area contributed by atoms with Crippen LogP contribution in [0.15, 0.2) is 36.5 Å². The summed E-state index contributed by atoms with van der Waals surface area (Å²) in [5.41, 5.74) is 7.52. The molecule has 1 aromatic heterocycles. The molecule has 0 aliphatic carbocycles. The number of nitrogens with two attached hydrogens (primary N) is 1. The van der Waals surface area contributed by atoms with Crippen LogP contribution in [0.5, 0.6) is 5.75 Å². The van der Waals surface area contributed by atoms with E-state index in [1.807, 2.05) is 6.07 Å². The van der Waals surface area contributed by atoms with Gasteiger partial charge in [0, 0.05) is 17.3 Å². The lowest BCUT2D eigenvalue weighted by Crippen LogP contribution is -2.16. The molecule has 0 saturated heterocycles. The van der Waals surface area contributed by atoms with E-state index < -0.39 is 6.36 Å². The highest BCUT2D eigenvalue weighted by Crippen LogP contribution is 2.27. The number of aromatic nitrogens is 1. The molecule has 0 radical (unpaired) electrons. The first-order chi connectivity index (χ1) is 9.89. The summed E-state index contributed by atoms with van der Waals surface area (Å²) in [5.74, 6) is -0.0378. The van der Waals surface area contributed by atoms with Crippen LogP contribution in [-0.2, 0) is 6.42 Å². The minimum Gasteiger partial charge on any atom is -0.406 e. The number of nitrogen functional groups attached to an aromatic ring is 1. The van der Waals surface area contributed by atoms with Gasteiger partial charge in [-0.1, -0.05) is 12.1 Å². The molecule has 2 aromatic rings. The Labute approximate surface area is 118 Å². The fourth-order valence-corrected chi connectivity index (χ4v) is 1.75. The van der Waals surface area contributed by atoms with Crippen LogP contribution in [-0.4, -0.2) is 11.3 Å². The third-order valence-electron chi connectivity index (χ3n) is 2.69. The first-order valence-electron chi connectivity index (χ1n) is 5.86. The highest BCUT2D eigenvalue weighted by molar-refractivity contribution is 5.66. The van der Waals surface area contributed by atoms with E-state index >= 15 is 0 Å². The van der Waals surface area contributed by atoms with Gasteiger partial charge < -0.3 is 10.5 Å². The number of hydrogen-bond donors (Lipinski definition) is 1. The molecule has 21 heavy (non-hydrogen) atoms. The monoisotopic (exact) mass is 293 g/mol. The van der Waals surface area contributed by atoms with Gasteiger partial charge in [-0.05, 0) is 23.8 Å². The summed E-state index contributed by atoms with van der Waals surface area (Å²) in [6.07, 6.45) is -3.11. The van der Waals surface area contributed by atoms with Crippen molar-refractivity contribution in [3.63, 3.8) is 0 Å². The molecular formula is C14H10F3N3O. The molecular weight excluding hydrogens is 283 g/mol. The highest BCUT2D eigenvalue weighted by atomic mass is 19.4. The molecule has 0 fully saturated rings. The predicted molar refractivity (Wildman–Crippen MR) is 70.1 cm³/mol. The van der Waals surface area contributed by atoms with E-state index in [1.54, 1.807) is 6.07 Å². The topological polar surface area (TPSA) is 71.9 Å². The lowest BCUT2D eigenvalue weighted by Gasteiger charge is -2.10. The molecule has 0 aliphatic rings. The predicted octanol–water partition coefficient (Wildman–Crippen LogP) is 3.30. The third kappa shape index (κ3) is 3.86. The average Bonchev–Trinajstić information content (AvgIpc) is 2.41. The fourth-order valence-electron chi connectivity index (χ4n) is 1.75. The van der Waals surface area contributed by atoms with E-state index in [9.17, 15) is 13.2 Å². The Morgan fingerprint density at radius 1 is 1.19 bits per heavy atom. The minimum atomic E-state index is -4.72. The maximum atomic E-state index is 12.1. The van der Waals surface area contributed by atoms with Crippen molar-refractivity contribution >= 4 is 5.82 Å². The molecule has 0 bridgehead atoms. The summed E-state index contributed by atoms with van der Waals surface area (Å²) >= 11 is 0. The Morgan fingerprint density at radius 3 is 2.43 bits per heavy atom. The van der Waals surface area contributed by atoms with E-state index in [4.69, 9.17) is 11.0 Å². The number of halogens is 3. The number of pyridine rings is 1. The Kier molecular flexibility index (Phi) is 3.98. The van der Waals surface area contributed by atoms with Crippen molar-refractivity contribution in [2.45, 2.75) is 12.8 Å². The second-order valence-corrected chi connectivity index (χ2v) is 4.18. The number of ether oxygens (including phenoxy) is 1. The van der Waals surface area contributed by atoms with E-state index in [2.05, 4.69) is 9.72 Å². The lowest BCUT2D eigenvalue weighted by atomic mass is 10.0. The zero-order valence-electron chi connectivity index (χ0n) is 10.7. The van der Waals surface area contributed by atoms with Gasteiger partial charge in [-0.2, -0.15) is 5.26 Å². The van der Waals surface area contributed by atoms with Gasteiger partial charge in [-0.25, -0.2) is 4.98 Å². The first kappa shape index (κ1) is 14.7. The van der Waals surface area contributed by atoms with Gasteiger partial charge in [0.05, 0.1) is 12.5 Å². The molecule has 0 aliphatic heterocycles. The lowest BCUT2D eigenvalue weighted by molar-refractivity contribution is -0.274. The summed E-state index contributed by atoms with van der Waals surface area (Å²) in [7, 11) is 0. The van der Waals surface area contributed by atoms with Gasteiger partial charge in [0.25, 0.3) is 0 Å². The molecule has 0 amide bonds. The summed E-state index contributed by atoms with van der Waals surface area (Å²) in [6, 6.07) is 9.04. The summed E-state index contributed by atoms with van der Waals surface area (Å²) < 4.78 is 40.0. The Balaban J connectivity index is 2.27. The van der Waals surface area contributed by atoms with Crippen LogP contribution in [0.3, 0.4) is 0 Å². The maximum Gasteiger partial charge on any atom is 0.573 e. The van der Waals surface area contributed by atoms with Crippen molar-refractivity contribution in [3.05, 3.63) is 42.1 Å². The molecule has 7 heteroatoms. The number of hydrogen-bond acceptors (Lipinski definition) is 4. The van der Waals surface area contributed by atoms with Crippen LogP contribution in [0.25, 0.3) is 11.1 Å². The van der Waals surface area contributed by atoms with Crippen molar-refractivity contribution in [2.24, 2.45) is 0 Å². The summed E-state index contributed by atoms with van der Waals surface area (Å²) in [5, 5.41) is 8.69. The van der Waals surface area contributed by atoms with Crippen molar-refractivity contribution in [3.8, 4) is 22.9 Å². The van der Waals surface area contributed by atoms with E-state index in [0.29, 0.717) is 16.7 Å². The van der Waals surface area contributed by atoms with Crippen LogP contribution in [0.1, 0.15) is 5.56 Å². The van der Waals surface area contributed by atoms with Crippen molar-refractivity contribution < 1.29 is 17.9 Å². The smallest absolute Gasteiger partial charge is 0.406 e. The molecule has 2 rings (SSSR count). The third-order valence-corrected chi connectivity index (χ3v) is 2.69. The Morgan fingerprint density at radius 2 is 1.86 bits per heavy atom. The molecule has 0 saturated carbocycles. The molecule has 0 spiro atoms. The molecule has 2 N–H and O–H groups in total. The van der Waals surface area contributed by atoms with E-state index in [1.165, 1.54) is 30.5 Å². The van der Waals surface area contributed by atoms with Gasteiger partial charge >= 0.3 is 6.36 Å². The van der Waals surface area contributed by atoms with Crippen LogP contribution in [0.4, 0.5) is 19.0 Å². The zero-order valence-corrected chi connectivity index (χ0v) is 10.7. The number of nitriles is 1. The van der Waals surface area contributed by atoms with Crippen LogP contribution < -0.4 is 10.5 Å². The van der Waals surface area contributed by atoms with Gasteiger partial charge in [0.15, 0.2) is 0 Å². The fraction of sp³-hybridized carbons (Fsp3) is 0.143. The minimum absolute atomic E-state index is 0.113. The normalized spacial score (nSPS) is 11.0. The second kappa shape index (κ2) is 5.71. The van der Waals surface area contributed by atoms with Crippen molar-refractivity contribution in [2.75, 3.05) is 5.73 Å². The summed E-state index contributed by atoms with van der Waals surface area (Å²) in [4.78, 5) is 3.97. The number of anilines is 1. The zero-order chi connectivity index (χ0) is 15.5. The van der Waals surface area contributed by atoms with Crippen LogP contribution in [0.2, 0.25) is 0 Å². The Bertz CT molecular complexity index is 675. The van der Waals surface area contributed by atoms with Gasteiger partial charge in [-0.15, -0.1) is 13.2 Å². The molecule has 0 atom stereocenters. The SMILES string of the molecule is N#CCc1cc(-c2ccc(OC(F)(F)F)cc2)cnc1N.